The predicted molar refractivity (Wildman–Crippen MR) is 142 cm³/mol. The molecule has 0 spiro atoms. The SMILES string of the molecule is CCOC(=O)C1CCN(c2cnc(C(=O)Cc3nc(-c4ccc(OCCOC)c(C(F)(F)F)c4)cs3)cn2)CC1. The van der Waals surface area contributed by atoms with E-state index in [-0.39, 0.29) is 54.3 Å². The molecule has 0 atom stereocenters. The first-order chi connectivity index (χ1) is 19.2. The normalized spacial score (nSPS) is 14.3. The molecule has 40 heavy (non-hydrogen) atoms. The van der Waals surface area contributed by atoms with E-state index in [4.69, 9.17) is 14.2 Å². The minimum Gasteiger partial charge on any atom is -0.491 e. The maximum absolute atomic E-state index is 13.6. The Labute approximate surface area is 233 Å². The van der Waals surface area contributed by atoms with Gasteiger partial charge in [-0.2, -0.15) is 13.2 Å². The van der Waals surface area contributed by atoms with Crippen molar-refractivity contribution in [1.82, 2.24) is 15.0 Å². The zero-order valence-electron chi connectivity index (χ0n) is 22.1. The van der Waals surface area contributed by atoms with Crippen LogP contribution in [0.2, 0.25) is 0 Å². The number of ketones is 1. The summed E-state index contributed by atoms with van der Waals surface area (Å²) in [5.41, 5.74) is -0.155. The lowest BCUT2D eigenvalue weighted by molar-refractivity contribution is -0.148. The van der Waals surface area contributed by atoms with Crippen LogP contribution in [-0.2, 0) is 26.9 Å². The number of carbonyl (C=O) groups excluding carboxylic acids is 2. The number of halogens is 3. The number of hydrogen-bond donors (Lipinski definition) is 0. The molecule has 3 aromatic rings. The van der Waals surface area contributed by atoms with Gasteiger partial charge in [-0.15, -0.1) is 11.3 Å². The van der Waals surface area contributed by atoms with Crippen LogP contribution < -0.4 is 9.64 Å². The molecule has 0 unspecified atom stereocenters. The molecule has 4 rings (SSSR count). The van der Waals surface area contributed by atoms with Crippen LogP contribution in [0.3, 0.4) is 0 Å². The Balaban J connectivity index is 1.38. The number of methoxy groups -OCH3 is 1. The summed E-state index contributed by atoms with van der Waals surface area (Å²) in [6.07, 6.45) is -0.437. The Morgan fingerprint density at radius 3 is 2.55 bits per heavy atom. The molecule has 214 valence electrons. The summed E-state index contributed by atoms with van der Waals surface area (Å²) in [5.74, 6) is -0.279. The average Bonchev–Trinajstić information content (AvgIpc) is 3.41. The molecule has 13 heteroatoms. The van der Waals surface area contributed by atoms with Gasteiger partial charge in [0.15, 0.2) is 5.78 Å². The average molecular weight is 579 g/mol. The number of anilines is 1. The molecule has 3 heterocycles. The standard InChI is InChI=1S/C27H29F3N4O5S/c1-3-38-26(36)17-6-8-34(9-7-17)24-15-31-20(14-32-24)22(35)13-25-33-21(16-40-25)18-4-5-23(39-11-10-37-2)19(12-18)27(28,29)30/h4-5,12,14-17H,3,6-11,13H2,1-2H3. The third kappa shape index (κ3) is 7.33. The smallest absolute Gasteiger partial charge is 0.419 e. The van der Waals surface area contributed by atoms with Crippen molar-refractivity contribution in [2.24, 2.45) is 5.92 Å². The van der Waals surface area contributed by atoms with Crippen molar-refractivity contribution in [2.75, 3.05) is 44.9 Å². The van der Waals surface area contributed by atoms with Gasteiger partial charge in [-0.25, -0.2) is 15.0 Å². The minimum absolute atomic E-state index is 0.0141. The van der Waals surface area contributed by atoms with Crippen LogP contribution in [-0.4, -0.2) is 66.7 Å². The highest BCUT2D eigenvalue weighted by Crippen LogP contribution is 2.39. The molecular weight excluding hydrogens is 549 g/mol. The summed E-state index contributed by atoms with van der Waals surface area (Å²) in [6.45, 7) is 3.55. The molecule has 0 aliphatic carbocycles. The fourth-order valence-corrected chi connectivity index (χ4v) is 5.06. The van der Waals surface area contributed by atoms with Gasteiger partial charge in [0.05, 0.1) is 49.2 Å². The Hall–Kier alpha value is -3.58. The molecule has 1 aliphatic heterocycles. The van der Waals surface area contributed by atoms with Gasteiger partial charge in [0.25, 0.3) is 0 Å². The number of rotatable bonds is 11. The monoisotopic (exact) mass is 578 g/mol. The summed E-state index contributed by atoms with van der Waals surface area (Å²) in [4.78, 5) is 39.8. The predicted octanol–water partition coefficient (Wildman–Crippen LogP) is 4.85. The van der Waals surface area contributed by atoms with E-state index in [9.17, 15) is 22.8 Å². The van der Waals surface area contributed by atoms with Crippen molar-refractivity contribution < 1.29 is 37.0 Å². The number of ether oxygens (including phenoxy) is 3. The highest BCUT2D eigenvalue weighted by molar-refractivity contribution is 7.10. The molecule has 2 aromatic heterocycles. The van der Waals surface area contributed by atoms with E-state index in [1.165, 1.54) is 43.0 Å². The van der Waals surface area contributed by atoms with Crippen LogP contribution in [0, 0.1) is 5.92 Å². The van der Waals surface area contributed by atoms with Gasteiger partial charge in [0.2, 0.25) is 0 Å². The van der Waals surface area contributed by atoms with Crippen LogP contribution in [0.5, 0.6) is 5.75 Å². The van der Waals surface area contributed by atoms with Crippen LogP contribution in [0.4, 0.5) is 19.0 Å². The first-order valence-corrected chi connectivity index (χ1v) is 13.6. The van der Waals surface area contributed by atoms with Gasteiger partial charge >= 0.3 is 12.1 Å². The first kappa shape index (κ1) is 29.4. The first-order valence-electron chi connectivity index (χ1n) is 12.7. The summed E-state index contributed by atoms with van der Waals surface area (Å²) >= 11 is 1.18. The number of esters is 1. The number of thiazole rings is 1. The van der Waals surface area contributed by atoms with Gasteiger partial charge in [0.1, 0.15) is 28.9 Å². The maximum Gasteiger partial charge on any atom is 0.419 e. The van der Waals surface area contributed by atoms with Crippen molar-refractivity contribution in [3.8, 4) is 17.0 Å². The van der Waals surface area contributed by atoms with Crippen molar-refractivity contribution in [3.05, 3.63) is 52.2 Å². The third-order valence-electron chi connectivity index (χ3n) is 6.35. The van der Waals surface area contributed by atoms with Crippen LogP contribution >= 0.6 is 11.3 Å². The van der Waals surface area contributed by atoms with E-state index in [0.717, 1.165) is 6.07 Å². The van der Waals surface area contributed by atoms with Crippen molar-refractivity contribution in [2.45, 2.75) is 32.4 Å². The lowest BCUT2D eigenvalue weighted by Gasteiger charge is -2.31. The number of benzene rings is 1. The number of alkyl halides is 3. The zero-order chi connectivity index (χ0) is 28.7. The van der Waals surface area contributed by atoms with Crippen LogP contribution in [0.1, 0.15) is 40.8 Å². The summed E-state index contributed by atoms with van der Waals surface area (Å²) < 4.78 is 56.1. The number of piperidine rings is 1. The molecule has 1 saturated heterocycles. The van der Waals surface area contributed by atoms with E-state index >= 15 is 0 Å². The quantitative estimate of drug-likeness (QED) is 0.179. The lowest BCUT2D eigenvalue weighted by Crippen LogP contribution is -2.37. The molecule has 0 saturated carbocycles. The molecule has 0 N–H and O–H groups in total. The van der Waals surface area contributed by atoms with E-state index in [2.05, 4.69) is 15.0 Å². The maximum atomic E-state index is 13.6. The largest absolute Gasteiger partial charge is 0.491 e. The van der Waals surface area contributed by atoms with Gasteiger partial charge in [-0.3, -0.25) is 9.59 Å². The Kier molecular flexibility index (Phi) is 9.69. The van der Waals surface area contributed by atoms with Crippen molar-refractivity contribution >= 4 is 28.9 Å². The summed E-state index contributed by atoms with van der Waals surface area (Å²) in [6, 6.07) is 3.74. The molecular formula is C27H29F3N4O5S. The van der Waals surface area contributed by atoms with Gasteiger partial charge in [-0.1, -0.05) is 0 Å². The van der Waals surface area contributed by atoms with Crippen molar-refractivity contribution in [1.29, 1.82) is 0 Å². The third-order valence-corrected chi connectivity index (χ3v) is 7.20. The van der Waals surface area contributed by atoms with Gasteiger partial charge in [0, 0.05) is 31.1 Å². The number of aromatic nitrogens is 3. The van der Waals surface area contributed by atoms with Crippen molar-refractivity contribution in [3.63, 3.8) is 0 Å². The number of nitrogens with zero attached hydrogens (tertiary/aromatic N) is 4. The fourth-order valence-electron chi connectivity index (χ4n) is 4.26. The number of hydrogen-bond acceptors (Lipinski definition) is 10. The molecule has 1 aliphatic rings. The minimum atomic E-state index is -4.62. The number of Topliss-reactive ketones (excluding diaryl/α,β-unsaturated/α-hetero) is 1. The topological polar surface area (TPSA) is 104 Å². The molecule has 0 radical (unpaired) electrons. The molecule has 0 amide bonds. The van der Waals surface area contributed by atoms with Gasteiger partial charge < -0.3 is 19.1 Å². The second kappa shape index (κ2) is 13.2. The summed E-state index contributed by atoms with van der Waals surface area (Å²) in [7, 11) is 1.43. The molecule has 9 nitrogen and oxygen atoms in total. The highest BCUT2D eigenvalue weighted by atomic mass is 32.1. The van der Waals surface area contributed by atoms with Crippen LogP contribution in [0.15, 0.2) is 36.0 Å². The Bertz CT molecular complexity index is 1310. The molecule has 1 aromatic carbocycles. The van der Waals surface area contributed by atoms with E-state index in [1.807, 2.05) is 4.90 Å². The summed E-state index contributed by atoms with van der Waals surface area (Å²) in [5, 5.41) is 2.05. The highest BCUT2D eigenvalue weighted by Gasteiger charge is 2.35. The van der Waals surface area contributed by atoms with Crippen LogP contribution in [0.25, 0.3) is 11.3 Å². The molecule has 1 fully saturated rings. The number of carbonyl (C=O) groups is 2. The van der Waals surface area contributed by atoms with E-state index in [1.54, 1.807) is 12.3 Å². The Morgan fingerprint density at radius 1 is 1.12 bits per heavy atom. The van der Waals surface area contributed by atoms with E-state index in [0.29, 0.717) is 49.1 Å². The van der Waals surface area contributed by atoms with Gasteiger partial charge in [-0.05, 0) is 38.0 Å². The molecule has 0 bridgehead atoms. The Morgan fingerprint density at radius 2 is 1.90 bits per heavy atom. The van der Waals surface area contributed by atoms with E-state index < -0.39 is 11.7 Å². The second-order valence-corrected chi connectivity index (χ2v) is 9.99. The second-order valence-electron chi connectivity index (χ2n) is 9.05. The zero-order valence-corrected chi connectivity index (χ0v) is 22.9. The lowest BCUT2D eigenvalue weighted by atomic mass is 9.97. The fraction of sp³-hybridized carbons (Fsp3) is 0.444.